The van der Waals surface area contributed by atoms with E-state index in [0.29, 0.717) is 12.1 Å². The molecule has 1 unspecified atom stereocenters. The standard InChI is InChI=1S/C42H62N6O8/c1-25(47(7)8)33(27-15-11-9-12-16-27)45-32(49)23-43-38(52)36(50)30(21-26-19-20-26)44-37(51)35-29-22-42(5,6)55-31(29)24-48(35)39(53)34(28-17-13-10-14-18-28)46-40(54)56-41(2,3)4/h9,11-12,15-16,26,28-31,33-35H,1,10,13-14,17-24H2,2-8H3,(H,43,52)(H,44,51)(H,45,49)(H,46,54)/t29-,30?,31-,33+,34-,35-/m0/s1. The van der Waals surface area contributed by atoms with Gasteiger partial charge in [-0.2, -0.15) is 0 Å². The molecule has 6 atom stereocenters. The molecule has 0 spiro atoms. The fraction of sp³-hybridized carbons (Fsp3) is 0.667. The Labute approximate surface area is 331 Å². The monoisotopic (exact) mass is 778 g/mol. The zero-order chi connectivity index (χ0) is 40.9. The van der Waals surface area contributed by atoms with Crippen LogP contribution in [0.3, 0.4) is 0 Å². The summed E-state index contributed by atoms with van der Waals surface area (Å²) >= 11 is 0. The number of nitrogens with one attached hydrogen (secondary N) is 4. The Kier molecular flexibility index (Phi) is 13.5. The highest BCUT2D eigenvalue weighted by Crippen LogP contribution is 2.44. The maximum absolute atomic E-state index is 14.6. The summed E-state index contributed by atoms with van der Waals surface area (Å²) in [5, 5.41) is 11.1. The van der Waals surface area contributed by atoms with Crippen LogP contribution in [-0.4, -0.2) is 108 Å². The van der Waals surface area contributed by atoms with Gasteiger partial charge in [-0.15, -0.1) is 0 Å². The predicted octanol–water partition coefficient (Wildman–Crippen LogP) is 3.76. The topological polar surface area (TPSA) is 175 Å². The molecule has 1 aromatic rings. The lowest BCUT2D eigenvalue weighted by Crippen LogP contribution is -2.59. The molecule has 14 nitrogen and oxygen atoms in total. The Bertz CT molecular complexity index is 1630. The molecule has 0 aromatic heterocycles. The van der Waals surface area contributed by atoms with Crippen LogP contribution in [-0.2, 0) is 33.4 Å². The minimum Gasteiger partial charge on any atom is -0.444 e. The molecule has 4 aliphatic rings. The molecule has 2 saturated carbocycles. The Balaban J connectivity index is 1.31. The zero-order valence-electron chi connectivity index (χ0n) is 34.2. The Hall–Kier alpha value is -4.46. The SMILES string of the molecule is C=C([C@@H](NC(=O)CNC(=O)C(=O)C(CC1CC1)NC(=O)[C@@H]1[C@H]2CC(C)(C)O[C@H]2CN1C(=O)[C@@H](NC(=O)OC(C)(C)C)C1CCCCC1)c1ccccc1)N(C)C. The highest BCUT2D eigenvalue weighted by Gasteiger charge is 2.56. The molecule has 2 aliphatic heterocycles. The number of alkyl carbamates (subject to hydrolysis) is 1. The lowest BCUT2D eigenvalue weighted by atomic mass is 9.83. The minimum atomic E-state index is -1.16. The first-order chi connectivity index (χ1) is 26.3. The number of benzene rings is 1. The summed E-state index contributed by atoms with van der Waals surface area (Å²) in [6, 6.07) is 5.66. The summed E-state index contributed by atoms with van der Waals surface area (Å²) in [6.45, 7) is 12.9. The molecule has 5 rings (SSSR count). The van der Waals surface area contributed by atoms with Gasteiger partial charge in [0.25, 0.3) is 5.91 Å². The Morgan fingerprint density at radius 2 is 1.62 bits per heavy atom. The van der Waals surface area contributed by atoms with Crippen molar-refractivity contribution in [1.82, 2.24) is 31.1 Å². The Morgan fingerprint density at radius 1 is 0.964 bits per heavy atom. The van der Waals surface area contributed by atoms with E-state index >= 15 is 0 Å². The van der Waals surface area contributed by atoms with Crippen molar-refractivity contribution < 1.29 is 38.2 Å². The van der Waals surface area contributed by atoms with Crippen molar-refractivity contribution in [3.8, 4) is 0 Å². The first-order valence-electron chi connectivity index (χ1n) is 20.1. The molecule has 2 aliphatic carbocycles. The summed E-state index contributed by atoms with van der Waals surface area (Å²) in [5.74, 6) is -3.67. The number of rotatable bonds is 15. The van der Waals surface area contributed by atoms with Crippen molar-refractivity contribution in [2.24, 2.45) is 17.8 Å². The van der Waals surface area contributed by atoms with E-state index in [1.807, 2.05) is 58.3 Å². The average Bonchev–Trinajstić information content (AvgIpc) is 3.82. The van der Waals surface area contributed by atoms with Crippen LogP contribution in [0.1, 0.15) is 104 Å². The predicted molar refractivity (Wildman–Crippen MR) is 210 cm³/mol. The number of ketones is 1. The first kappa shape index (κ1) is 42.7. The molecule has 0 radical (unpaired) electrons. The maximum atomic E-state index is 14.6. The second-order valence-corrected chi connectivity index (χ2v) is 17.8. The van der Waals surface area contributed by atoms with E-state index < -0.39 is 83.5 Å². The number of nitrogens with zero attached hydrogens (tertiary/aromatic N) is 2. The number of hydrogen-bond acceptors (Lipinski definition) is 9. The van der Waals surface area contributed by atoms with Crippen molar-refractivity contribution in [1.29, 1.82) is 0 Å². The second kappa shape index (κ2) is 17.8. The number of likely N-dealkylation sites (tertiary alicyclic amines) is 1. The number of likely N-dealkylation sites (N-methyl/N-ethyl adjacent to an activating group) is 1. The smallest absolute Gasteiger partial charge is 0.408 e. The maximum Gasteiger partial charge on any atom is 0.408 e. The van der Waals surface area contributed by atoms with Gasteiger partial charge in [-0.1, -0.05) is 69.0 Å². The van der Waals surface area contributed by atoms with Crippen molar-refractivity contribution in [3.63, 3.8) is 0 Å². The molecular weight excluding hydrogens is 716 g/mol. The highest BCUT2D eigenvalue weighted by atomic mass is 16.6. The summed E-state index contributed by atoms with van der Waals surface area (Å²) in [6.07, 6.45) is 5.72. The van der Waals surface area contributed by atoms with Gasteiger partial charge >= 0.3 is 6.09 Å². The lowest BCUT2D eigenvalue weighted by Gasteiger charge is -2.36. The molecule has 0 bridgehead atoms. The van der Waals surface area contributed by atoms with Crippen LogP contribution in [0.2, 0.25) is 0 Å². The van der Waals surface area contributed by atoms with Gasteiger partial charge in [-0.25, -0.2) is 4.79 Å². The molecule has 4 N–H and O–H groups in total. The number of carbonyl (C=O) groups is 6. The van der Waals surface area contributed by atoms with Gasteiger partial charge in [0.15, 0.2) is 0 Å². The molecular formula is C42H62N6O8. The van der Waals surface area contributed by atoms with E-state index in [1.165, 1.54) is 4.90 Å². The first-order valence-corrected chi connectivity index (χ1v) is 20.1. The van der Waals surface area contributed by atoms with Crippen LogP contribution < -0.4 is 21.3 Å². The molecule has 1 aromatic carbocycles. The third-order valence-electron chi connectivity index (χ3n) is 11.3. The minimum absolute atomic E-state index is 0.140. The highest BCUT2D eigenvalue weighted by molar-refractivity contribution is 6.38. The van der Waals surface area contributed by atoms with Crippen molar-refractivity contribution in [3.05, 3.63) is 48.2 Å². The number of hydrogen-bond donors (Lipinski definition) is 4. The number of carbonyl (C=O) groups excluding carboxylic acids is 6. The molecule has 2 heterocycles. The number of amides is 5. The molecule has 5 amide bonds. The second-order valence-electron chi connectivity index (χ2n) is 17.8. The van der Waals surface area contributed by atoms with E-state index in [2.05, 4.69) is 27.8 Å². The zero-order valence-corrected chi connectivity index (χ0v) is 34.2. The average molecular weight is 779 g/mol. The van der Waals surface area contributed by atoms with Crippen LogP contribution in [0.15, 0.2) is 42.6 Å². The van der Waals surface area contributed by atoms with Crippen LogP contribution >= 0.6 is 0 Å². The lowest BCUT2D eigenvalue weighted by molar-refractivity contribution is -0.145. The van der Waals surface area contributed by atoms with Gasteiger partial charge in [-0.3, -0.25) is 24.0 Å². The van der Waals surface area contributed by atoms with Crippen LogP contribution in [0.4, 0.5) is 4.79 Å². The third kappa shape index (κ3) is 11.1. The van der Waals surface area contributed by atoms with E-state index in [1.54, 1.807) is 25.7 Å². The van der Waals surface area contributed by atoms with E-state index in [-0.39, 0.29) is 30.7 Å². The Morgan fingerprint density at radius 3 is 2.23 bits per heavy atom. The van der Waals surface area contributed by atoms with Gasteiger partial charge in [0.2, 0.25) is 23.5 Å². The van der Waals surface area contributed by atoms with Crippen LogP contribution in [0.5, 0.6) is 0 Å². The summed E-state index contributed by atoms with van der Waals surface area (Å²) in [4.78, 5) is 85.7. The number of fused-ring (bicyclic) bond motifs is 1. The fourth-order valence-electron chi connectivity index (χ4n) is 8.35. The summed E-state index contributed by atoms with van der Waals surface area (Å²) < 4.78 is 11.9. The van der Waals surface area contributed by atoms with E-state index in [4.69, 9.17) is 9.47 Å². The third-order valence-corrected chi connectivity index (χ3v) is 11.3. The summed E-state index contributed by atoms with van der Waals surface area (Å²) in [7, 11) is 3.63. The van der Waals surface area contributed by atoms with Gasteiger partial charge in [0.1, 0.15) is 17.7 Å². The molecule has 14 heteroatoms. The van der Waals surface area contributed by atoms with Gasteiger partial charge < -0.3 is 40.5 Å². The van der Waals surface area contributed by atoms with Crippen LogP contribution in [0.25, 0.3) is 0 Å². The van der Waals surface area contributed by atoms with Gasteiger partial charge in [-0.05, 0) is 77.7 Å². The molecule has 4 fully saturated rings. The van der Waals surface area contributed by atoms with Gasteiger partial charge in [0, 0.05) is 32.3 Å². The quantitative estimate of drug-likeness (QED) is 0.193. The number of ether oxygens (including phenoxy) is 2. The molecule has 56 heavy (non-hydrogen) atoms. The van der Waals surface area contributed by atoms with Crippen molar-refractivity contribution in [2.45, 2.75) is 134 Å². The van der Waals surface area contributed by atoms with E-state index in [9.17, 15) is 28.8 Å². The van der Waals surface area contributed by atoms with Gasteiger partial charge in [0.05, 0.1) is 30.3 Å². The van der Waals surface area contributed by atoms with E-state index in [0.717, 1.165) is 50.5 Å². The van der Waals surface area contributed by atoms with Crippen molar-refractivity contribution in [2.75, 3.05) is 27.2 Å². The fourth-order valence-corrected chi connectivity index (χ4v) is 8.35. The number of Topliss-reactive ketones (excluding diaryl/α,β-unsaturated/α-hetero) is 1. The largest absolute Gasteiger partial charge is 0.444 e. The van der Waals surface area contributed by atoms with Crippen molar-refractivity contribution >= 4 is 35.5 Å². The normalized spacial score (nSPS) is 23.5. The molecule has 2 saturated heterocycles. The summed E-state index contributed by atoms with van der Waals surface area (Å²) in [5.41, 5.74) is 0.116. The molecule has 308 valence electrons. The van der Waals surface area contributed by atoms with Crippen LogP contribution in [0, 0.1) is 17.8 Å².